The molecule has 0 radical (unpaired) electrons. The number of anilines is 1. The van der Waals surface area contributed by atoms with Gasteiger partial charge in [0.15, 0.2) is 5.82 Å². The highest BCUT2D eigenvalue weighted by Gasteiger charge is 2.23. The smallest absolute Gasteiger partial charge is 0.243 e. The minimum absolute atomic E-state index is 0.0890. The van der Waals surface area contributed by atoms with Crippen molar-refractivity contribution in [2.24, 2.45) is 0 Å². The van der Waals surface area contributed by atoms with Crippen molar-refractivity contribution >= 4 is 33.3 Å². The number of hydrogen-bond acceptors (Lipinski definition) is 6. The quantitative estimate of drug-likeness (QED) is 0.791. The van der Waals surface area contributed by atoms with Crippen molar-refractivity contribution in [3.8, 4) is 0 Å². The van der Waals surface area contributed by atoms with Gasteiger partial charge in [0.05, 0.1) is 6.04 Å². The number of nitrogens with one attached hydrogen (secondary N) is 2. The molecule has 1 atom stereocenters. The summed E-state index contributed by atoms with van der Waals surface area (Å²) < 4.78 is 31.3. The molecule has 2 heterocycles. The first-order valence-electron chi connectivity index (χ1n) is 6.16. The van der Waals surface area contributed by atoms with Crippen LogP contribution in [0.2, 0.25) is 5.15 Å². The highest BCUT2D eigenvalue weighted by Crippen LogP contribution is 2.12. The zero-order chi connectivity index (χ0) is 16.3. The second-order valence-corrected chi connectivity index (χ2v) is 6.57. The van der Waals surface area contributed by atoms with E-state index < -0.39 is 22.0 Å². The van der Waals surface area contributed by atoms with E-state index in [2.05, 4.69) is 20.2 Å². The normalized spacial score (nSPS) is 12.9. The predicted octanol–water partition coefficient (Wildman–Crippen LogP) is 1.34. The first-order chi connectivity index (χ1) is 10.3. The van der Waals surface area contributed by atoms with E-state index in [4.69, 9.17) is 16.1 Å². The maximum Gasteiger partial charge on any atom is 0.243 e. The van der Waals surface area contributed by atoms with E-state index in [0.717, 1.165) is 6.20 Å². The van der Waals surface area contributed by atoms with Crippen LogP contribution in [-0.2, 0) is 14.8 Å². The van der Waals surface area contributed by atoms with Crippen molar-refractivity contribution in [1.29, 1.82) is 0 Å². The summed E-state index contributed by atoms with van der Waals surface area (Å²) in [5.41, 5.74) is 0. The van der Waals surface area contributed by atoms with Crippen LogP contribution in [0.25, 0.3) is 0 Å². The standard InChI is InChI=1S/C12H13ClN4O4S/c1-7-5-11(16-21-7)15-12(18)8(2)17-22(19,20)9-3-4-10(13)14-6-9/h3-6,8,17H,1-2H3,(H,15,16,18)/t8-/m1/s1. The maximum absolute atomic E-state index is 12.1. The molecule has 0 unspecified atom stereocenters. The summed E-state index contributed by atoms with van der Waals surface area (Å²) in [6, 6.07) is 3.14. The molecule has 8 nitrogen and oxygen atoms in total. The number of carbonyl (C=O) groups excluding carboxylic acids is 1. The summed E-state index contributed by atoms with van der Waals surface area (Å²) in [5, 5.41) is 6.20. The van der Waals surface area contributed by atoms with Crippen molar-refractivity contribution in [2.75, 3.05) is 5.32 Å². The van der Waals surface area contributed by atoms with Crippen LogP contribution >= 0.6 is 11.6 Å². The average molecular weight is 345 g/mol. The molecular formula is C12H13ClN4O4S. The molecule has 0 spiro atoms. The molecule has 118 valence electrons. The Morgan fingerprint density at radius 2 is 2.14 bits per heavy atom. The third kappa shape index (κ3) is 4.03. The zero-order valence-electron chi connectivity index (χ0n) is 11.7. The molecule has 2 N–H and O–H groups in total. The van der Waals surface area contributed by atoms with E-state index in [1.54, 1.807) is 6.92 Å². The molecule has 0 aliphatic rings. The Morgan fingerprint density at radius 1 is 1.41 bits per heavy atom. The molecule has 2 aromatic heterocycles. The van der Waals surface area contributed by atoms with Gasteiger partial charge in [-0.3, -0.25) is 4.79 Å². The number of pyridine rings is 1. The molecule has 22 heavy (non-hydrogen) atoms. The van der Waals surface area contributed by atoms with Gasteiger partial charge in [-0.25, -0.2) is 13.4 Å². The Labute approximate surface area is 131 Å². The second-order valence-electron chi connectivity index (χ2n) is 4.47. The monoisotopic (exact) mass is 344 g/mol. The Hall–Kier alpha value is -1.97. The van der Waals surface area contributed by atoms with E-state index in [1.807, 2.05) is 0 Å². The van der Waals surface area contributed by atoms with Crippen molar-refractivity contribution in [3.05, 3.63) is 35.3 Å². The maximum atomic E-state index is 12.1. The lowest BCUT2D eigenvalue weighted by Gasteiger charge is -2.13. The van der Waals surface area contributed by atoms with Gasteiger partial charge in [0.1, 0.15) is 15.8 Å². The van der Waals surface area contributed by atoms with Crippen LogP contribution in [0.15, 0.2) is 33.8 Å². The molecule has 2 aromatic rings. The first-order valence-corrected chi connectivity index (χ1v) is 8.02. The van der Waals surface area contributed by atoms with Crippen molar-refractivity contribution in [3.63, 3.8) is 0 Å². The number of halogens is 1. The molecule has 0 saturated heterocycles. The van der Waals surface area contributed by atoms with E-state index in [-0.39, 0.29) is 15.9 Å². The van der Waals surface area contributed by atoms with Crippen molar-refractivity contribution < 1.29 is 17.7 Å². The largest absolute Gasteiger partial charge is 0.360 e. The molecule has 0 aliphatic carbocycles. The third-order valence-corrected chi connectivity index (χ3v) is 4.36. The first kappa shape index (κ1) is 16.4. The number of carbonyl (C=O) groups is 1. The lowest BCUT2D eigenvalue weighted by Crippen LogP contribution is -2.41. The third-order valence-electron chi connectivity index (χ3n) is 2.61. The van der Waals surface area contributed by atoms with E-state index in [1.165, 1.54) is 25.1 Å². The molecule has 1 amide bonds. The van der Waals surface area contributed by atoms with Gasteiger partial charge in [-0.05, 0) is 26.0 Å². The van der Waals surface area contributed by atoms with Gasteiger partial charge in [-0.1, -0.05) is 16.8 Å². The van der Waals surface area contributed by atoms with E-state index >= 15 is 0 Å². The lowest BCUT2D eigenvalue weighted by atomic mass is 10.3. The fraction of sp³-hybridized carbons (Fsp3) is 0.250. The summed E-state index contributed by atoms with van der Waals surface area (Å²) in [6.07, 6.45) is 1.11. The Morgan fingerprint density at radius 3 is 2.68 bits per heavy atom. The van der Waals surface area contributed by atoms with Crippen LogP contribution in [0.5, 0.6) is 0 Å². The second kappa shape index (κ2) is 6.42. The van der Waals surface area contributed by atoms with E-state index in [9.17, 15) is 13.2 Å². The lowest BCUT2D eigenvalue weighted by molar-refractivity contribution is -0.117. The summed E-state index contributed by atoms with van der Waals surface area (Å²) in [6.45, 7) is 3.07. The average Bonchev–Trinajstić information content (AvgIpc) is 2.84. The number of aromatic nitrogens is 2. The van der Waals surface area contributed by atoms with Gasteiger partial charge in [0.2, 0.25) is 15.9 Å². The Bertz CT molecular complexity index is 773. The molecule has 0 aromatic carbocycles. The highest BCUT2D eigenvalue weighted by atomic mass is 35.5. The van der Waals surface area contributed by atoms with Gasteiger partial charge in [0.25, 0.3) is 0 Å². The molecular weight excluding hydrogens is 332 g/mol. The van der Waals surface area contributed by atoms with Gasteiger partial charge >= 0.3 is 0 Å². The molecule has 0 fully saturated rings. The number of amides is 1. The van der Waals surface area contributed by atoms with Crippen LogP contribution < -0.4 is 10.0 Å². The van der Waals surface area contributed by atoms with Crippen molar-refractivity contribution in [2.45, 2.75) is 24.8 Å². The molecule has 2 rings (SSSR count). The summed E-state index contributed by atoms with van der Waals surface area (Å²) in [7, 11) is -3.88. The number of sulfonamides is 1. The van der Waals surface area contributed by atoms with Gasteiger partial charge < -0.3 is 9.84 Å². The highest BCUT2D eigenvalue weighted by molar-refractivity contribution is 7.89. The fourth-order valence-electron chi connectivity index (χ4n) is 1.54. The minimum atomic E-state index is -3.88. The molecule has 0 saturated carbocycles. The van der Waals surface area contributed by atoms with E-state index in [0.29, 0.717) is 5.76 Å². The molecule has 0 aliphatic heterocycles. The minimum Gasteiger partial charge on any atom is -0.360 e. The van der Waals surface area contributed by atoms with Crippen LogP contribution in [0, 0.1) is 6.92 Å². The van der Waals surface area contributed by atoms with Crippen LogP contribution in [-0.4, -0.2) is 30.5 Å². The van der Waals surface area contributed by atoms with Gasteiger partial charge in [0, 0.05) is 12.3 Å². The summed E-state index contributed by atoms with van der Waals surface area (Å²) >= 11 is 5.60. The van der Waals surface area contributed by atoms with Crippen molar-refractivity contribution in [1.82, 2.24) is 14.9 Å². The molecule has 10 heteroatoms. The fourth-order valence-corrected chi connectivity index (χ4v) is 2.79. The summed E-state index contributed by atoms with van der Waals surface area (Å²) in [4.78, 5) is 15.5. The van der Waals surface area contributed by atoms with Crippen LogP contribution in [0.4, 0.5) is 5.82 Å². The van der Waals surface area contributed by atoms with Crippen LogP contribution in [0.1, 0.15) is 12.7 Å². The number of nitrogens with zero attached hydrogens (tertiary/aromatic N) is 2. The topological polar surface area (TPSA) is 114 Å². The number of hydrogen-bond donors (Lipinski definition) is 2. The zero-order valence-corrected chi connectivity index (χ0v) is 13.3. The van der Waals surface area contributed by atoms with Crippen LogP contribution in [0.3, 0.4) is 0 Å². The molecule has 0 bridgehead atoms. The predicted molar refractivity (Wildman–Crippen MR) is 78.9 cm³/mol. The Balaban J connectivity index is 2.05. The number of aryl methyl sites for hydroxylation is 1. The Kier molecular flexibility index (Phi) is 4.79. The SMILES string of the molecule is Cc1cc(NC(=O)[C@@H](C)NS(=O)(=O)c2ccc(Cl)nc2)no1. The summed E-state index contributed by atoms with van der Waals surface area (Å²) in [5.74, 6) is 0.163. The number of rotatable bonds is 5. The van der Waals surface area contributed by atoms with Gasteiger partial charge in [-0.15, -0.1) is 0 Å². The van der Waals surface area contributed by atoms with Gasteiger partial charge in [-0.2, -0.15) is 4.72 Å².